The fourth-order valence-corrected chi connectivity index (χ4v) is 2.37. The van der Waals surface area contributed by atoms with Crippen molar-refractivity contribution in [1.29, 1.82) is 0 Å². The molecule has 0 aromatic heterocycles. The van der Waals surface area contributed by atoms with Crippen LogP contribution in [0.15, 0.2) is 48.5 Å². The summed E-state index contributed by atoms with van der Waals surface area (Å²) < 4.78 is 43.2. The van der Waals surface area contributed by atoms with Gasteiger partial charge in [0.15, 0.2) is 0 Å². The van der Waals surface area contributed by atoms with Crippen LogP contribution in [0.4, 0.5) is 18.0 Å². The van der Waals surface area contributed by atoms with E-state index in [0.29, 0.717) is 24.9 Å². The Morgan fingerprint density at radius 1 is 1.04 bits per heavy atom. The minimum absolute atomic E-state index is 0.277. The Labute approximate surface area is 144 Å². The van der Waals surface area contributed by atoms with Gasteiger partial charge in [0.2, 0.25) is 0 Å². The summed E-state index contributed by atoms with van der Waals surface area (Å²) in [6.45, 7) is 2.60. The van der Waals surface area contributed by atoms with E-state index in [1.807, 2.05) is 31.2 Å². The van der Waals surface area contributed by atoms with E-state index >= 15 is 0 Å². The molecule has 0 aliphatic rings. The zero-order valence-corrected chi connectivity index (χ0v) is 13.9. The van der Waals surface area contributed by atoms with Crippen LogP contribution in [-0.4, -0.2) is 19.2 Å². The van der Waals surface area contributed by atoms with Crippen molar-refractivity contribution in [2.75, 3.05) is 13.2 Å². The maximum atomic E-state index is 12.7. The number of halogens is 3. The number of amides is 1. The van der Waals surface area contributed by atoms with Crippen LogP contribution in [0.3, 0.4) is 0 Å². The van der Waals surface area contributed by atoms with Crippen LogP contribution in [0.5, 0.6) is 0 Å². The van der Waals surface area contributed by atoms with Crippen LogP contribution in [0.2, 0.25) is 0 Å². The second-order valence-electron chi connectivity index (χ2n) is 5.61. The molecule has 0 saturated carbocycles. The third-order valence-corrected chi connectivity index (χ3v) is 3.63. The molecule has 0 bridgehead atoms. The third-order valence-electron chi connectivity index (χ3n) is 3.63. The van der Waals surface area contributed by atoms with Gasteiger partial charge in [-0.25, -0.2) is 4.79 Å². The molecule has 2 rings (SSSR count). The number of hydrogen-bond acceptors (Lipinski definition) is 2. The molecule has 0 unspecified atom stereocenters. The van der Waals surface area contributed by atoms with Crippen molar-refractivity contribution in [3.63, 3.8) is 0 Å². The molecule has 1 amide bonds. The first-order valence-corrected chi connectivity index (χ1v) is 8.03. The number of rotatable bonds is 6. The topological polar surface area (TPSA) is 38.3 Å². The third kappa shape index (κ3) is 6.14. The molecule has 0 spiro atoms. The predicted molar refractivity (Wildman–Crippen MR) is 89.4 cm³/mol. The first kappa shape index (κ1) is 18.8. The minimum Gasteiger partial charge on any atom is -0.449 e. The number of benzene rings is 2. The lowest BCUT2D eigenvalue weighted by Gasteiger charge is -2.09. The molecule has 0 atom stereocenters. The summed E-state index contributed by atoms with van der Waals surface area (Å²) >= 11 is 0. The van der Waals surface area contributed by atoms with E-state index in [0.717, 1.165) is 17.2 Å². The molecule has 0 aliphatic heterocycles. The highest BCUT2D eigenvalue weighted by atomic mass is 19.4. The number of nitrogens with one attached hydrogen (secondary N) is 1. The fourth-order valence-electron chi connectivity index (χ4n) is 2.37. The van der Waals surface area contributed by atoms with Gasteiger partial charge in [-0.3, -0.25) is 0 Å². The molecule has 6 heteroatoms. The molecule has 0 heterocycles. The Bertz CT molecular complexity index is 697. The Morgan fingerprint density at radius 3 is 2.36 bits per heavy atom. The van der Waals surface area contributed by atoms with Crippen molar-refractivity contribution in [2.45, 2.75) is 25.9 Å². The van der Waals surface area contributed by atoms with E-state index in [-0.39, 0.29) is 6.61 Å². The van der Waals surface area contributed by atoms with E-state index in [1.54, 1.807) is 6.07 Å². The van der Waals surface area contributed by atoms with Crippen molar-refractivity contribution in [3.8, 4) is 0 Å². The molecular weight excluding hydrogens is 331 g/mol. The van der Waals surface area contributed by atoms with Gasteiger partial charge in [0, 0.05) is 13.0 Å². The van der Waals surface area contributed by atoms with E-state index in [9.17, 15) is 18.0 Å². The highest BCUT2D eigenvalue weighted by molar-refractivity contribution is 5.66. The molecule has 0 aliphatic carbocycles. The molecule has 134 valence electrons. The zero-order chi connectivity index (χ0) is 18.3. The van der Waals surface area contributed by atoms with Crippen molar-refractivity contribution < 1.29 is 22.7 Å². The predicted octanol–water partition coefficient (Wildman–Crippen LogP) is 4.58. The zero-order valence-electron chi connectivity index (χ0n) is 13.9. The SMILES string of the molecule is CCNC(=O)OCCc1ccc(Cc2cccc(C(F)(F)F)c2)cc1. The summed E-state index contributed by atoms with van der Waals surface area (Å²) in [6.07, 6.45) is -3.76. The second kappa shape index (κ2) is 8.55. The van der Waals surface area contributed by atoms with Gasteiger partial charge in [0.25, 0.3) is 0 Å². The van der Waals surface area contributed by atoms with Gasteiger partial charge in [-0.15, -0.1) is 0 Å². The lowest BCUT2D eigenvalue weighted by Crippen LogP contribution is -2.24. The number of ether oxygens (including phenoxy) is 1. The Hall–Kier alpha value is -2.50. The molecule has 25 heavy (non-hydrogen) atoms. The van der Waals surface area contributed by atoms with E-state index in [1.165, 1.54) is 12.1 Å². The van der Waals surface area contributed by atoms with E-state index in [4.69, 9.17) is 4.74 Å². The fraction of sp³-hybridized carbons (Fsp3) is 0.316. The smallest absolute Gasteiger partial charge is 0.416 e. The summed E-state index contributed by atoms with van der Waals surface area (Å²) in [5.41, 5.74) is 1.90. The molecule has 3 nitrogen and oxygen atoms in total. The quantitative estimate of drug-likeness (QED) is 0.827. The second-order valence-corrected chi connectivity index (χ2v) is 5.61. The summed E-state index contributed by atoms with van der Waals surface area (Å²) in [5.74, 6) is 0. The molecule has 2 aromatic rings. The lowest BCUT2D eigenvalue weighted by atomic mass is 10.0. The van der Waals surface area contributed by atoms with Crippen LogP contribution >= 0.6 is 0 Å². The van der Waals surface area contributed by atoms with Crippen LogP contribution in [0.25, 0.3) is 0 Å². The number of carbonyl (C=O) groups excluding carboxylic acids is 1. The summed E-state index contributed by atoms with van der Waals surface area (Å²) in [6, 6.07) is 12.9. The summed E-state index contributed by atoms with van der Waals surface area (Å²) in [7, 11) is 0. The van der Waals surface area contributed by atoms with Crippen molar-refractivity contribution in [3.05, 3.63) is 70.8 Å². The highest BCUT2D eigenvalue weighted by Gasteiger charge is 2.30. The number of alkyl halides is 3. The Kier molecular flexibility index (Phi) is 6.44. The standard InChI is InChI=1S/C19H20F3NO2/c1-2-23-18(24)25-11-10-14-6-8-15(9-7-14)12-16-4-3-5-17(13-16)19(20,21)22/h3-9,13H,2,10-12H2,1H3,(H,23,24). The molecule has 2 aromatic carbocycles. The van der Waals surface area contributed by atoms with E-state index in [2.05, 4.69) is 5.32 Å². The largest absolute Gasteiger partial charge is 0.449 e. The normalized spacial score (nSPS) is 11.2. The minimum atomic E-state index is -4.33. The van der Waals surface area contributed by atoms with Gasteiger partial charge in [-0.05, 0) is 36.1 Å². The first-order valence-electron chi connectivity index (χ1n) is 8.03. The van der Waals surface area contributed by atoms with Crippen molar-refractivity contribution in [2.24, 2.45) is 0 Å². The van der Waals surface area contributed by atoms with Crippen LogP contribution < -0.4 is 5.32 Å². The number of hydrogen-bond donors (Lipinski definition) is 1. The van der Waals surface area contributed by atoms with E-state index < -0.39 is 17.8 Å². The molecule has 1 N–H and O–H groups in total. The summed E-state index contributed by atoms with van der Waals surface area (Å²) in [4.78, 5) is 11.2. The van der Waals surface area contributed by atoms with Crippen LogP contribution in [-0.2, 0) is 23.8 Å². The number of carbonyl (C=O) groups is 1. The maximum absolute atomic E-state index is 12.7. The van der Waals surface area contributed by atoms with Crippen molar-refractivity contribution in [1.82, 2.24) is 5.32 Å². The summed E-state index contributed by atoms with van der Waals surface area (Å²) in [5, 5.41) is 2.54. The average molecular weight is 351 g/mol. The average Bonchev–Trinajstić information content (AvgIpc) is 2.56. The first-order chi connectivity index (χ1) is 11.9. The van der Waals surface area contributed by atoms with Gasteiger partial charge in [0.1, 0.15) is 0 Å². The number of alkyl carbamates (subject to hydrolysis) is 1. The molecular formula is C19H20F3NO2. The van der Waals surface area contributed by atoms with Gasteiger partial charge >= 0.3 is 12.3 Å². The van der Waals surface area contributed by atoms with Gasteiger partial charge < -0.3 is 10.1 Å². The van der Waals surface area contributed by atoms with Gasteiger partial charge in [-0.2, -0.15) is 13.2 Å². The molecule has 0 fully saturated rings. The van der Waals surface area contributed by atoms with Crippen LogP contribution in [0, 0.1) is 0 Å². The highest BCUT2D eigenvalue weighted by Crippen LogP contribution is 2.30. The molecule has 0 radical (unpaired) electrons. The lowest BCUT2D eigenvalue weighted by molar-refractivity contribution is -0.137. The van der Waals surface area contributed by atoms with Gasteiger partial charge in [-0.1, -0.05) is 42.5 Å². The Balaban J connectivity index is 1.91. The maximum Gasteiger partial charge on any atom is 0.416 e. The molecule has 0 saturated heterocycles. The van der Waals surface area contributed by atoms with Crippen molar-refractivity contribution >= 4 is 6.09 Å². The Morgan fingerprint density at radius 2 is 1.72 bits per heavy atom. The monoisotopic (exact) mass is 351 g/mol. The van der Waals surface area contributed by atoms with Gasteiger partial charge in [0.05, 0.1) is 12.2 Å². The van der Waals surface area contributed by atoms with Crippen LogP contribution in [0.1, 0.15) is 29.2 Å².